The van der Waals surface area contributed by atoms with Gasteiger partial charge in [-0.2, -0.15) is 0 Å². The van der Waals surface area contributed by atoms with Gasteiger partial charge in [-0.05, 0) is 25.5 Å². The third kappa shape index (κ3) is 2.90. The topological polar surface area (TPSA) is 52.6 Å². The van der Waals surface area contributed by atoms with Gasteiger partial charge >= 0.3 is 6.03 Å². The molecule has 6 heteroatoms. The van der Waals surface area contributed by atoms with Gasteiger partial charge in [0.15, 0.2) is 0 Å². The van der Waals surface area contributed by atoms with E-state index >= 15 is 0 Å². The summed E-state index contributed by atoms with van der Waals surface area (Å²) in [5.74, 6) is -1.48. The lowest BCUT2D eigenvalue weighted by Crippen LogP contribution is -2.44. The number of hydrogen-bond donors (Lipinski definition) is 2. The Morgan fingerprint density at radius 3 is 2.65 bits per heavy atom. The quantitative estimate of drug-likeness (QED) is 0.886. The van der Waals surface area contributed by atoms with Crippen LogP contribution >= 0.6 is 0 Å². The number of aliphatic hydroxyl groups excluding tert-OH is 1. The summed E-state index contributed by atoms with van der Waals surface area (Å²) in [6.07, 6.45) is 0.519. The normalized spacial score (nSPS) is 22.2. The average Bonchev–Trinajstić information content (AvgIpc) is 3.15. The summed E-state index contributed by atoms with van der Waals surface area (Å²) in [7, 11) is 1.57. The van der Waals surface area contributed by atoms with Crippen LogP contribution in [-0.4, -0.2) is 41.8 Å². The summed E-state index contributed by atoms with van der Waals surface area (Å²) in [6, 6.07) is 2.84. The smallest absolute Gasteiger partial charge is 0.317 e. The number of aliphatic hydroxyl groups is 1. The molecule has 1 aliphatic carbocycles. The number of hydrogen-bond acceptors (Lipinski definition) is 2. The van der Waals surface area contributed by atoms with Gasteiger partial charge in [0.05, 0.1) is 12.6 Å². The number of rotatable bonds is 4. The van der Waals surface area contributed by atoms with Crippen LogP contribution in [0.25, 0.3) is 0 Å². The molecule has 4 nitrogen and oxygen atoms in total. The largest absolute Gasteiger partial charge is 0.394 e. The van der Waals surface area contributed by atoms with Crippen molar-refractivity contribution in [2.24, 2.45) is 0 Å². The number of amides is 2. The van der Waals surface area contributed by atoms with Gasteiger partial charge in [0.1, 0.15) is 11.6 Å². The van der Waals surface area contributed by atoms with E-state index in [-0.39, 0.29) is 36.2 Å². The van der Waals surface area contributed by atoms with Crippen molar-refractivity contribution in [2.45, 2.75) is 31.3 Å². The monoisotopic (exact) mass is 284 g/mol. The second-order valence-corrected chi connectivity index (χ2v) is 5.18. The zero-order chi connectivity index (χ0) is 14.9. The molecule has 1 aliphatic rings. The van der Waals surface area contributed by atoms with Crippen LogP contribution < -0.4 is 5.32 Å². The highest BCUT2D eigenvalue weighted by Crippen LogP contribution is 2.43. The minimum Gasteiger partial charge on any atom is -0.394 e. The predicted octanol–water partition coefficient (Wildman–Crippen LogP) is 1.84. The molecule has 1 fully saturated rings. The third-order valence-corrected chi connectivity index (χ3v) is 3.72. The number of nitrogens with zero attached hydrogens (tertiary/aromatic N) is 1. The number of nitrogens with one attached hydrogen (secondary N) is 1. The predicted molar refractivity (Wildman–Crippen MR) is 70.3 cm³/mol. The number of benzene rings is 1. The first-order valence-corrected chi connectivity index (χ1v) is 6.53. The van der Waals surface area contributed by atoms with Gasteiger partial charge in [0.25, 0.3) is 0 Å². The molecule has 2 rings (SSSR count). The molecule has 3 unspecified atom stereocenters. The fourth-order valence-corrected chi connectivity index (χ4v) is 2.12. The van der Waals surface area contributed by atoms with Crippen LogP contribution in [0.4, 0.5) is 13.6 Å². The van der Waals surface area contributed by atoms with Crippen LogP contribution in [0.5, 0.6) is 0 Å². The van der Waals surface area contributed by atoms with Gasteiger partial charge in [0.2, 0.25) is 0 Å². The second-order valence-electron chi connectivity index (χ2n) is 5.18. The van der Waals surface area contributed by atoms with Crippen LogP contribution in [0.1, 0.15) is 24.8 Å². The highest BCUT2D eigenvalue weighted by molar-refractivity contribution is 5.75. The molecule has 0 aromatic heterocycles. The molecule has 1 aromatic rings. The first-order valence-electron chi connectivity index (χ1n) is 6.53. The van der Waals surface area contributed by atoms with E-state index in [9.17, 15) is 13.6 Å². The van der Waals surface area contributed by atoms with Gasteiger partial charge in [-0.25, -0.2) is 13.6 Å². The first-order chi connectivity index (χ1) is 9.45. The Balaban J connectivity index is 1.97. The van der Waals surface area contributed by atoms with E-state index in [4.69, 9.17) is 5.11 Å². The number of carbonyl (C=O) groups is 1. The summed E-state index contributed by atoms with van der Waals surface area (Å²) in [5.41, 5.74) is 0.0376. The molecule has 1 aromatic carbocycles. The van der Waals surface area contributed by atoms with Crippen LogP contribution in [0.3, 0.4) is 0 Å². The highest BCUT2D eigenvalue weighted by Gasteiger charge is 2.43. The molecule has 2 N–H and O–H groups in total. The molecule has 20 heavy (non-hydrogen) atoms. The maximum atomic E-state index is 13.6. The molecule has 0 bridgehead atoms. The standard InChI is InChI=1S/C14H18F2N2O2/c1-8(7-19)18(2)14(20)17-12-6-9(12)13-10(15)4-3-5-11(13)16/h3-5,8-9,12,19H,6-7H2,1-2H3,(H,17,20). The van der Waals surface area contributed by atoms with Gasteiger partial charge in [-0.3, -0.25) is 0 Å². The second kappa shape index (κ2) is 5.75. The van der Waals surface area contributed by atoms with Crippen molar-refractivity contribution in [1.29, 1.82) is 0 Å². The van der Waals surface area contributed by atoms with E-state index in [0.717, 1.165) is 0 Å². The zero-order valence-corrected chi connectivity index (χ0v) is 11.4. The fourth-order valence-electron chi connectivity index (χ4n) is 2.12. The summed E-state index contributed by atoms with van der Waals surface area (Å²) in [5, 5.41) is 11.7. The molecule has 2 amide bonds. The van der Waals surface area contributed by atoms with Crippen LogP contribution in [0.15, 0.2) is 18.2 Å². The van der Waals surface area contributed by atoms with Crippen molar-refractivity contribution in [3.63, 3.8) is 0 Å². The van der Waals surface area contributed by atoms with Gasteiger partial charge in [-0.1, -0.05) is 6.07 Å². The molecular formula is C14H18F2N2O2. The molecular weight excluding hydrogens is 266 g/mol. The Hall–Kier alpha value is -1.69. The molecule has 0 heterocycles. The summed E-state index contributed by atoms with van der Waals surface area (Å²) < 4.78 is 27.2. The maximum Gasteiger partial charge on any atom is 0.317 e. The van der Waals surface area contributed by atoms with Crippen molar-refractivity contribution in [3.05, 3.63) is 35.4 Å². The van der Waals surface area contributed by atoms with E-state index in [1.165, 1.54) is 23.1 Å². The summed E-state index contributed by atoms with van der Waals surface area (Å²) in [6.45, 7) is 1.57. The Labute approximate surface area is 116 Å². The van der Waals surface area contributed by atoms with Crippen molar-refractivity contribution in [1.82, 2.24) is 10.2 Å². The Kier molecular flexibility index (Phi) is 4.23. The zero-order valence-electron chi connectivity index (χ0n) is 11.4. The van der Waals surface area contributed by atoms with E-state index in [0.29, 0.717) is 6.42 Å². The third-order valence-electron chi connectivity index (χ3n) is 3.72. The van der Waals surface area contributed by atoms with Crippen molar-refractivity contribution < 1.29 is 18.7 Å². The lowest BCUT2D eigenvalue weighted by atomic mass is 10.1. The van der Waals surface area contributed by atoms with Gasteiger partial charge < -0.3 is 15.3 Å². The van der Waals surface area contributed by atoms with Crippen LogP contribution in [-0.2, 0) is 0 Å². The van der Waals surface area contributed by atoms with E-state index in [2.05, 4.69) is 5.32 Å². The molecule has 0 spiro atoms. The SMILES string of the molecule is CC(CO)N(C)C(=O)NC1CC1c1c(F)cccc1F. The fraction of sp³-hybridized carbons (Fsp3) is 0.500. The number of halogens is 2. The van der Waals surface area contributed by atoms with Gasteiger partial charge in [0, 0.05) is 24.6 Å². The average molecular weight is 284 g/mol. The maximum absolute atomic E-state index is 13.6. The van der Waals surface area contributed by atoms with E-state index < -0.39 is 11.6 Å². The van der Waals surface area contributed by atoms with E-state index in [1.807, 2.05) is 0 Å². The Bertz CT molecular complexity index is 490. The van der Waals surface area contributed by atoms with Gasteiger partial charge in [-0.15, -0.1) is 0 Å². The minimum atomic E-state index is -0.580. The molecule has 0 radical (unpaired) electrons. The molecule has 0 aliphatic heterocycles. The highest BCUT2D eigenvalue weighted by atomic mass is 19.1. The lowest BCUT2D eigenvalue weighted by Gasteiger charge is -2.23. The molecule has 3 atom stereocenters. The lowest BCUT2D eigenvalue weighted by molar-refractivity contribution is 0.157. The van der Waals surface area contributed by atoms with Crippen LogP contribution in [0, 0.1) is 11.6 Å². The summed E-state index contributed by atoms with van der Waals surface area (Å²) in [4.78, 5) is 13.2. The summed E-state index contributed by atoms with van der Waals surface area (Å²) >= 11 is 0. The number of urea groups is 1. The van der Waals surface area contributed by atoms with Crippen molar-refractivity contribution in [2.75, 3.05) is 13.7 Å². The molecule has 1 saturated carbocycles. The first kappa shape index (κ1) is 14.7. The minimum absolute atomic E-state index is 0.0376. The molecule has 110 valence electrons. The van der Waals surface area contributed by atoms with Crippen LogP contribution in [0.2, 0.25) is 0 Å². The Morgan fingerprint density at radius 1 is 1.50 bits per heavy atom. The van der Waals surface area contributed by atoms with Crippen molar-refractivity contribution >= 4 is 6.03 Å². The Morgan fingerprint density at radius 2 is 2.10 bits per heavy atom. The molecule has 0 saturated heterocycles. The van der Waals surface area contributed by atoms with E-state index in [1.54, 1.807) is 14.0 Å². The number of carbonyl (C=O) groups excluding carboxylic acids is 1. The number of likely N-dealkylation sites (N-methyl/N-ethyl adjacent to an activating group) is 1. The van der Waals surface area contributed by atoms with Crippen molar-refractivity contribution in [3.8, 4) is 0 Å².